The lowest BCUT2D eigenvalue weighted by molar-refractivity contribution is -0.161. The topological polar surface area (TPSA) is 148 Å². The molecule has 0 amide bonds. The van der Waals surface area contributed by atoms with Crippen LogP contribution in [0.4, 0.5) is 13.2 Å². The Morgan fingerprint density at radius 1 is 1.14 bits per heavy atom. The van der Waals surface area contributed by atoms with Gasteiger partial charge in [-0.15, -0.1) is 5.10 Å². The number of halogens is 3. The summed E-state index contributed by atoms with van der Waals surface area (Å²) in [7, 11) is 0. The van der Waals surface area contributed by atoms with Gasteiger partial charge in [-0.2, -0.15) is 5.10 Å². The summed E-state index contributed by atoms with van der Waals surface area (Å²) >= 11 is 0. The highest BCUT2D eigenvalue weighted by molar-refractivity contribution is 5.87. The van der Waals surface area contributed by atoms with Crippen molar-refractivity contribution in [3.63, 3.8) is 0 Å². The van der Waals surface area contributed by atoms with Crippen LogP contribution in [0.1, 0.15) is 34.7 Å². The van der Waals surface area contributed by atoms with Crippen LogP contribution < -0.4 is 0 Å². The van der Waals surface area contributed by atoms with E-state index in [2.05, 4.69) is 20.4 Å². The van der Waals surface area contributed by atoms with E-state index in [1.807, 2.05) is 0 Å². The van der Waals surface area contributed by atoms with Gasteiger partial charge in [0, 0.05) is 12.0 Å². The van der Waals surface area contributed by atoms with Gasteiger partial charge in [0.1, 0.15) is 30.3 Å². The van der Waals surface area contributed by atoms with Crippen LogP contribution in [0.3, 0.4) is 0 Å². The molecule has 1 aliphatic heterocycles. The van der Waals surface area contributed by atoms with E-state index in [9.17, 15) is 28.2 Å². The summed E-state index contributed by atoms with van der Waals surface area (Å²) in [4.78, 5) is 15.4. The molecule has 1 aliphatic rings. The number of hydrogen-bond donors (Lipinski definition) is 3. The van der Waals surface area contributed by atoms with Gasteiger partial charge in [-0.25, -0.2) is 32.3 Å². The third-order valence-electron chi connectivity index (χ3n) is 6.10. The first-order valence-corrected chi connectivity index (χ1v) is 11.0. The number of carboxylic acids is 1. The van der Waals surface area contributed by atoms with Gasteiger partial charge < -0.3 is 20.1 Å². The molecule has 37 heavy (non-hydrogen) atoms. The number of aromatic carboxylic acids is 1. The maximum absolute atomic E-state index is 13.7. The number of rotatable bonds is 6. The smallest absolute Gasteiger partial charge is 0.335 e. The van der Waals surface area contributed by atoms with Crippen molar-refractivity contribution in [3.05, 3.63) is 77.8 Å². The second-order valence-corrected chi connectivity index (χ2v) is 8.36. The molecule has 0 aliphatic carbocycles. The molecule has 5 rings (SSSR count). The number of carbonyl (C=O) groups is 1. The van der Waals surface area contributed by atoms with Crippen LogP contribution in [0.5, 0.6) is 0 Å². The highest BCUT2D eigenvalue weighted by atomic mass is 19.2. The molecular formula is C23H19F3N6O5. The van der Waals surface area contributed by atoms with E-state index in [4.69, 9.17) is 9.84 Å². The van der Waals surface area contributed by atoms with Crippen molar-refractivity contribution in [2.75, 3.05) is 6.61 Å². The summed E-state index contributed by atoms with van der Waals surface area (Å²) in [5, 5.41) is 41.8. The number of aliphatic hydroxyl groups excluding tert-OH is 2. The van der Waals surface area contributed by atoms with Crippen molar-refractivity contribution >= 4 is 5.97 Å². The number of hydrogen-bond acceptors (Lipinski definition) is 8. The number of carboxylic acid groups (broad SMARTS) is 1. The summed E-state index contributed by atoms with van der Waals surface area (Å²) in [6.07, 6.45) is -0.353. The minimum atomic E-state index is -1.61. The minimum Gasteiger partial charge on any atom is -0.478 e. The maximum Gasteiger partial charge on any atom is 0.335 e. The predicted octanol–water partition coefficient (Wildman–Crippen LogP) is 2.07. The minimum absolute atomic E-state index is 0.0373. The van der Waals surface area contributed by atoms with Crippen LogP contribution in [-0.2, 0) is 4.74 Å². The van der Waals surface area contributed by atoms with E-state index in [-0.39, 0.29) is 23.2 Å². The van der Waals surface area contributed by atoms with Crippen molar-refractivity contribution < 1.29 is 38.0 Å². The lowest BCUT2D eigenvalue weighted by atomic mass is 9.95. The molecule has 3 N–H and O–H groups in total. The molecule has 4 atom stereocenters. The van der Waals surface area contributed by atoms with Crippen LogP contribution in [0.2, 0.25) is 0 Å². The fraction of sp³-hybridized carbons (Fsp3) is 0.261. The second-order valence-electron chi connectivity index (χ2n) is 8.36. The first-order chi connectivity index (χ1) is 17.8. The molecule has 11 nitrogen and oxygen atoms in total. The molecule has 0 bridgehead atoms. The van der Waals surface area contributed by atoms with Crippen molar-refractivity contribution in [1.29, 1.82) is 0 Å². The van der Waals surface area contributed by atoms with Crippen LogP contribution in [0.15, 0.2) is 48.9 Å². The van der Waals surface area contributed by atoms with Gasteiger partial charge in [-0.1, -0.05) is 5.21 Å². The molecule has 3 heterocycles. The van der Waals surface area contributed by atoms with Crippen LogP contribution in [0, 0.1) is 17.5 Å². The predicted molar refractivity (Wildman–Crippen MR) is 118 cm³/mol. The molecule has 0 spiro atoms. The lowest BCUT2D eigenvalue weighted by Gasteiger charge is -2.38. The number of aromatic nitrogens is 6. The van der Waals surface area contributed by atoms with Crippen LogP contribution in [-0.4, -0.2) is 69.9 Å². The molecule has 1 fully saturated rings. The van der Waals surface area contributed by atoms with E-state index < -0.39 is 54.4 Å². The van der Waals surface area contributed by atoms with Gasteiger partial charge in [0.2, 0.25) is 0 Å². The van der Waals surface area contributed by atoms with Crippen molar-refractivity contribution in [2.45, 2.75) is 30.8 Å². The van der Waals surface area contributed by atoms with Gasteiger partial charge in [0.15, 0.2) is 23.3 Å². The second kappa shape index (κ2) is 9.72. The fourth-order valence-corrected chi connectivity index (χ4v) is 4.22. The molecule has 4 aromatic rings. The molecule has 2 aromatic heterocycles. The number of ether oxygens (including phenoxy) is 1. The Balaban J connectivity index is 1.45. The summed E-state index contributed by atoms with van der Waals surface area (Å²) in [5.41, 5.74) is 0.581. The average molecular weight is 516 g/mol. The number of nitrogens with zero attached hydrogens (tertiary/aromatic N) is 6. The Bertz CT molecular complexity index is 1420. The fourth-order valence-electron chi connectivity index (χ4n) is 4.22. The van der Waals surface area contributed by atoms with Gasteiger partial charge in [0.05, 0.1) is 30.1 Å². The van der Waals surface area contributed by atoms with Gasteiger partial charge >= 0.3 is 5.97 Å². The normalized spacial score (nSPS) is 21.8. The van der Waals surface area contributed by atoms with E-state index in [0.717, 1.165) is 12.1 Å². The largest absolute Gasteiger partial charge is 0.478 e. The van der Waals surface area contributed by atoms with E-state index >= 15 is 0 Å². The average Bonchev–Trinajstić information content (AvgIpc) is 3.58. The highest BCUT2D eigenvalue weighted by Gasteiger charge is 2.41. The van der Waals surface area contributed by atoms with Crippen LogP contribution in [0.25, 0.3) is 16.9 Å². The Morgan fingerprint density at radius 2 is 1.84 bits per heavy atom. The van der Waals surface area contributed by atoms with E-state index in [1.54, 1.807) is 12.1 Å². The number of aliphatic hydroxyl groups is 2. The summed E-state index contributed by atoms with van der Waals surface area (Å²) < 4.78 is 49.3. The molecule has 0 radical (unpaired) electrons. The quantitative estimate of drug-likeness (QED) is 0.328. The Hall–Kier alpha value is -4.14. The molecule has 4 unspecified atom stereocenters. The molecular weight excluding hydrogens is 497 g/mol. The van der Waals surface area contributed by atoms with Gasteiger partial charge in [-0.05, 0) is 36.4 Å². The molecule has 14 heteroatoms. The van der Waals surface area contributed by atoms with Crippen molar-refractivity contribution in [1.82, 2.24) is 29.8 Å². The SMILES string of the molecule is O=C(O)c1ccc(-n2ncnc2C2CC(n3cc(-c4cc(F)c(F)c(F)c4)nn3)C(O)C(CO)O2)cc1. The summed E-state index contributed by atoms with van der Waals surface area (Å²) in [5.74, 6) is -5.13. The lowest BCUT2D eigenvalue weighted by Crippen LogP contribution is -2.45. The third-order valence-corrected chi connectivity index (χ3v) is 6.10. The monoisotopic (exact) mass is 516 g/mol. The van der Waals surface area contributed by atoms with E-state index in [1.165, 1.54) is 34.0 Å². The molecule has 2 aromatic carbocycles. The standard InChI is InChI=1S/C23H19F3N6O5/c24-14-5-12(6-15(25)20(14)26)16-8-31(30-29-16)17-7-18(37-19(9-33)21(17)34)22-27-10-28-32(22)13-3-1-11(2-4-13)23(35)36/h1-6,8,10,17-19,21,33-34H,7,9H2,(H,35,36). The number of benzene rings is 2. The summed E-state index contributed by atoms with van der Waals surface area (Å²) in [6, 6.07) is 6.68. The van der Waals surface area contributed by atoms with Crippen LogP contribution >= 0.6 is 0 Å². The first kappa shape index (κ1) is 24.5. The summed E-state index contributed by atoms with van der Waals surface area (Å²) in [6.45, 7) is -0.536. The Labute approximate surface area is 206 Å². The van der Waals surface area contributed by atoms with Gasteiger partial charge in [-0.3, -0.25) is 0 Å². The Kier molecular flexibility index (Phi) is 6.45. The molecule has 0 saturated carbocycles. The third kappa shape index (κ3) is 4.57. The zero-order valence-corrected chi connectivity index (χ0v) is 18.8. The molecule has 192 valence electrons. The Morgan fingerprint density at radius 3 is 2.49 bits per heavy atom. The van der Waals surface area contributed by atoms with Gasteiger partial charge in [0.25, 0.3) is 0 Å². The first-order valence-electron chi connectivity index (χ1n) is 11.0. The zero-order chi connectivity index (χ0) is 26.3. The maximum atomic E-state index is 13.7. The van der Waals surface area contributed by atoms with Crippen molar-refractivity contribution in [2.24, 2.45) is 0 Å². The zero-order valence-electron chi connectivity index (χ0n) is 18.8. The van der Waals surface area contributed by atoms with E-state index in [0.29, 0.717) is 11.5 Å². The molecule has 1 saturated heterocycles. The highest BCUT2D eigenvalue weighted by Crippen LogP contribution is 2.38. The van der Waals surface area contributed by atoms with Crippen molar-refractivity contribution in [3.8, 4) is 16.9 Å².